The predicted octanol–water partition coefficient (Wildman–Crippen LogP) is -0.0448. The number of piperidine rings is 1. The first-order valence-corrected chi connectivity index (χ1v) is 9.26. The number of halogens is 1. The highest BCUT2D eigenvalue weighted by Gasteiger charge is 2.35. The molecule has 0 aromatic heterocycles. The van der Waals surface area contributed by atoms with E-state index in [2.05, 4.69) is 5.32 Å². The number of hydrogen-bond donors (Lipinski definition) is 1. The van der Waals surface area contributed by atoms with Crippen LogP contribution in [0.25, 0.3) is 0 Å². The van der Waals surface area contributed by atoms with Gasteiger partial charge in [-0.2, -0.15) is 5.26 Å². The Kier molecular flexibility index (Phi) is 6.27. The summed E-state index contributed by atoms with van der Waals surface area (Å²) in [6.07, 6.45) is 0.538. The van der Waals surface area contributed by atoms with Gasteiger partial charge in [-0.15, -0.1) is 0 Å². The van der Waals surface area contributed by atoms with E-state index < -0.39 is 12.2 Å². The summed E-state index contributed by atoms with van der Waals surface area (Å²) in [4.78, 5) is 29.7. The van der Waals surface area contributed by atoms with E-state index in [4.69, 9.17) is 10.00 Å². The van der Waals surface area contributed by atoms with E-state index in [0.717, 1.165) is 12.8 Å². The van der Waals surface area contributed by atoms with Crippen molar-refractivity contribution in [3.63, 3.8) is 0 Å². The standard InChI is InChI=1S/C17H26FN5O3/c18-13-9-15(10-19)23(12-13)16(24)11-20-14-1-3-21(4-2-14)17(25)22-5-7-26-8-6-22/h13-15,20H,1-9,11-12H2. The Morgan fingerprint density at radius 1 is 1.15 bits per heavy atom. The Morgan fingerprint density at radius 3 is 2.46 bits per heavy atom. The van der Waals surface area contributed by atoms with Crippen LogP contribution in [0.1, 0.15) is 19.3 Å². The topological polar surface area (TPSA) is 88.9 Å². The maximum Gasteiger partial charge on any atom is 0.320 e. The Hall–Kier alpha value is -1.92. The SMILES string of the molecule is N#CC1CC(F)CN1C(=O)CNC1CCN(C(=O)N2CCOCC2)CC1. The molecule has 0 radical (unpaired) electrons. The normalized spacial score (nSPS) is 27.5. The fourth-order valence-electron chi connectivity index (χ4n) is 3.75. The summed E-state index contributed by atoms with van der Waals surface area (Å²) in [5, 5.41) is 12.2. The van der Waals surface area contributed by atoms with Crippen molar-refractivity contribution in [1.82, 2.24) is 20.0 Å². The van der Waals surface area contributed by atoms with Crippen molar-refractivity contribution >= 4 is 11.9 Å². The lowest BCUT2D eigenvalue weighted by Gasteiger charge is -2.37. The van der Waals surface area contributed by atoms with Gasteiger partial charge in [0.15, 0.2) is 0 Å². The summed E-state index contributed by atoms with van der Waals surface area (Å²) < 4.78 is 18.7. The van der Waals surface area contributed by atoms with E-state index >= 15 is 0 Å². The first-order chi connectivity index (χ1) is 12.6. The fraction of sp³-hybridized carbons (Fsp3) is 0.824. The number of likely N-dealkylation sites (tertiary alicyclic amines) is 2. The van der Waals surface area contributed by atoms with Gasteiger partial charge in [0.2, 0.25) is 5.91 Å². The van der Waals surface area contributed by atoms with Crippen molar-refractivity contribution in [3.8, 4) is 6.07 Å². The number of carbonyl (C=O) groups is 2. The number of rotatable bonds is 3. The lowest BCUT2D eigenvalue weighted by Crippen LogP contribution is -2.53. The second-order valence-corrected chi connectivity index (χ2v) is 7.05. The number of amides is 3. The highest BCUT2D eigenvalue weighted by atomic mass is 19.1. The molecule has 3 rings (SSSR count). The van der Waals surface area contributed by atoms with E-state index in [-0.39, 0.29) is 37.5 Å². The monoisotopic (exact) mass is 367 g/mol. The molecular formula is C17H26FN5O3. The van der Waals surface area contributed by atoms with Crippen molar-refractivity contribution in [2.24, 2.45) is 0 Å². The molecule has 8 nitrogen and oxygen atoms in total. The molecule has 3 aliphatic rings. The average molecular weight is 367 g/mol. The quantitative estimate of drug-likeness (QED) is 0.756. The van der Waals surface area contributed by atoms with E-state index in [0.29, 0.717) is 39.4 Å². The van der Waals surface area contributed by atoms with Crippen molar-refractivity contribution in [1.29, 1.82) is 5.26 Å². The molecule has 2 atom stereocenters. The molecule has 2 unspecified atom stereocenters. The molecule has 26 heavy (non-hydrogen) atoms. The zero-order valence-electron chi connectivity index (χ0n) is 14.9. The minimum Gasteiger partial charge on any atom is -0.378 e. The highest BCUT2D eigenvalue weighted by Crippen LogP contribution is 2.20. The van der Waals surface area contributed by atoms with Gasteiger partial charge in [-0.3, -0.25) is 4.79 Å². The maximum absolute atomic E-state index is 13.4. The number of nitrogens with zero attached hydrogens (tertiary/aromatic N) is 4. The second-order valence-electron chi connectivity index (χ2n) is 7.05. The van der Waals surface area contributed by atoms with Gasteiger partial charge in [-0.05, 0) is 12.8 Å². The summed E-state index contributed by atoms with van der Waals surface area (Å²) in [6, 6.07) is 1.54. The number of hydrogen-bond acceptors (Lipinski definition) is 5. The van der Waals surface area contributed by atoms with Gasteiger partial charge in [-0.1, -0.05) is 0 Å². The molecule has 3 saturated heterocycles. The summed E-state index contributed by atoms with van der Waals surface area (Å²) in [5.41, 5.74) is 0. The number of morpholine rings is 1. The Labute approximate surface area is 152 Å². The van der Waals surface area contributed by atoms with E-state index in [9.17, 15) is 14.0 Å². The van der Waals surface area contributed by atoms with Crippen LogP contribution in [0.15, 0.2) is 0 Å². The van der Waals surface area contributed by atoms with Crippen molar-refractivity contribution < 1.29 is 18.7 Å². The second kappa shape index (κ2) is 8.64. The van der Waals surface area contributed by atoms with Gasteiger partial charge >= 0.3 is 6.03 Å². The Balaban J connectivity index is 1.39. The molecule has 3 heterocycles. The lowest BCUT2D eigenvalue weighted by molar-refractivity contribution is -0.130. The number of ether oxygens (including phenoxy) is 1. The van der Waals surface area contributed by atoms with Crippen LogP contribution in [0.5, 0.6) is 0 Å². The van der Waals surface area contributed by atoms with Crippen LogP contribution in [0.4, 0.5) is 9.18 Å². The number of nitrogens with one attached hydrogen (secondary N) is 1. The molecule has 0 saturated carbocycles. The van der Waals surface area contributed by atoms with Gasteiger partial charge in [0.1, 0.15) is 12.2 Å². The smallest absolute Gasteiger partial charge is 0.320 e. The largest absolute Gasteiger partial charge is 0.378 e. The van der Waals surface area contributed by atoms with Crippen molar-refractivity contribution in [2.75, 3.05) is 52.5 Å². The number of nitriles is 1. The molecule has 0 bridgehead atoms. The molecule has 0 aromatic carbocycles. The molecule has 3 aliphatic heterocycles. The molecule has 0 spiro atoms. The van der Waals surface area contributed by atoms with E-state index in [1.807, 2.05) is 15.9 Å². The van der Waals surface area contributed by atoms with Crippen LogP contribution < -0.4 is 5.32 Å². The van der Waals surface area contributed by atoms with Crippen LogP contribution in [0.2, 0.25) is 0 Å². The lowest BCUT2D eigenvalue weighted by atomic mass is 10.1. The van der Waals surface area contributed by atoms with Gasteiger partial charge < -0.3 is 24.8 Å². The number of carbonyl (C=O) groups excluding carboxylic acids is 2. The molecule has 3 amide bonds. The maximum atomic E-state index is 13.4. The Bertz CT molecular complexity index is 555. The van der Waals surface area contributed by atoms with Crippen molar-refractivity contribution in [3.05, 3.63) is 0 Å². The van der Waals surface area contributed by atoms with E-state index in [1.54, 1.807) is 0 Å². The Morgan fingerprint density at radius 2 is 1.81 bits per heavy atom. The fourth-order valence-corrected chi connectivity index (χ4v) is 3.75. The van der Waals surface area contributed by atoms with Gasteiger partial charge in [0.05, 0.1) is 32.4 Å². The van der Waals surface area contributed by atoms with Crippen LogP contribution >= 0.6 is 0 Å². The molecule has 144 valence electrons. The summed E-state index contributed by atoms with van der Waals surface area (Å²) >= 11 is 0. The highest BCUT2D eigenvalue weighted by molar-refractivity contribution is 5.79. The third-order valence-electron chi connectivity index (χ3n) is 5.31. The minimum atomic E-state index is -1.11. The molecule has 0 aliphatic carbocycles. The average Bonchev–Trinajstić information content (AvgIpc) is 3.07. The first kappa shape index (κ1) is 18.9. The van der Waals surface area contributed by atoms with E-state index in [1.165, 1.54) is 4.90 Å². The first-order valence-electron chi connectivity index (χ1n) is 9.26. The molecule has 3 fully saturated rings. The number of urea groups is 1. The minimum absolute atomic E-state index is 0.00519. The van der Waals surface area contributed by atoms with Gasteiger partial charge in [0.25, 0.3) is 0 Å². The van der Waals surface area contributed by atoms with Gasteiger partial charge in [0, 0.05) is 38.6 Å². The third kappa shape index (κ3) is 4.43. The van der Waals surface area contributed by atoms with Crippen molar-refractivity contribution in [2.45, 2.75) is 37.5 Å². The predicted molar refractivity (Wildman–Crippen MR) is 91.0 cm³/mol. The summed E-state index contributed by atoms with van der Waals surface area (Å²) in [5.74, 6) is -0.233. The zero-order valence-corrected chi connectivity index (χ0v) is 14.9. The summed E-state index contributed by atoms with van der Waals surface area (Å²) in [7, 11) is 0. The van der Waals surface area contributed by atoms with Gasteiger partial charge in [-0.25, -0.2) is 9.18 Å². The van der Waals surface area contributed by atoms with Crippen LogP contribution in [-0.4, -0.2) is 97.4 Å². The molecule has 0 aromatic rings. The molecule has 1 N–H and O–H groups in total. The third-order valence-corrected chi connectivity index (χ3v) is 5.31. The van der Waals surface area contributed by atoms with Crippen LogP contribution in [0.3, 0.4) is 0 Å². The number of alkyl halides is 1. The zero-order chi connectivity index (χ0) is 18.5. The van der Waals surface area contributed by atoms with Crippen LogP contribution in [0, 0.1) is 11.3 Å². The van der Waals surface area contributed by atoms with Crippen LogP contribution in [-0.2, 0) is 9.53 Å². The molecular weight excluding hydrogens is 341 g/mol. The molecule has 9 heteroatoms. The summed E-state index contributed by atoms with van der Waals surface area (Å²) in [6.45, 7) is 3.86.